The summed E-state index contributed by atoms with van der Waals surface area (Å²) in [4.78, 5) is 47.5. The van der Waals surface area contributed by atoms with Gasteiger partial charge in [0.25, 0.3) is 17.5 Å². The summed E-state index contributed by atoms with van der Waals surface area (Å²) in [6, 6.07) is 17.4. The highest BCUT2D eigenvalue weighted by Gasteiger charge is 2.18. The average molecular weight is 449 g/mol. The highest BCUT2D eigenvalue weighted by Crippen LogP contribution is 2.15. The molecule has 0 aliphatic rings. The summed E-state index contributed by atoms with van der Waals surface area (Å²) in [7, 11) is 0. The van der Waals surface area contributed by atoms with E-state index in [4.69, 9.17) is 9.15 Å². The van der Waals surface area contributed by atoms with E-state index in [1.54, 1.807) is 24.3 Å². The zero-order valence-electron chi connectivity index (χ0n) is 17.2. The Balaban J connectivity index is 1.70. The lowest BCUT2D eigenvalue weighted by molar-refractivity contribution is -0.384. The van der Waals surface area contributed by atoms with E-state index in [1.165, 1.54) is 48.7 Å². The first-order chi connectivity index (χ1) is 15.9. The third-order valence-corrected chi connectivity index (χ3v) is 4.27. The molecule has 3 rings (SSSR count). The first kappa shape index (κ1) is 22.9. The van der Waals surface area contributed by atoms with Gasteiger partial charge >= 0.3 is 5.97 Å². The Morgan fingerprint density at radius 3 is 2.52 bits per heavy atom. The van der Waals surface area contributed by atoms with Crippen molar-refractivity contribution in [1.29, 1.82) is 0 Å². The van der Waals surface area contributed by atoms with Crippen molar-refractivity contribution in [2.45, 2.75) is 6.61 Å². The van der Waals surface area contributed by atoms with E-state index in [-0.39, 0.29) is 23.8 Å². The maximum atomic E-state index is 12.7. The number of hydrogen-bond donors (Lipinski definition) is 2. The molecule has 1 heterocycles. The topological polar surface area (TPSA) is 141 Å². The van der Waals surface area contributed by atoms with E-state index in [9.17, 15) is 24.5 Å². The van der Waals surface area contributed by atoms with Crippen molar-refractivity contribution in [2.24, 2.45) is 0 Å². The van der Waals surface area contributed by atoms with Crippen molar-refractivity contribution in [1.82, 2.24) is 10.6 Å². The van der Waals surface area contributed by atoms with Crippen molar-refractivity contribution in [3.05, 3.63) is 106 Å². The molecule has 0 fully saturated rings. The molecule has 2 aromatic carbocycles. The third-order valence-electron chi connectivity index (χ3n) is 4.27. The first-order valence-corrected chi connectivity index (χ1v) is 9.71. The SMILES string of the molecule is O=C(CNC(=O)/C(=C\c1cccc([N+](=O)[O-])c1)NC(=O)c1ccco1)OCc1ccccc1. The van der Waals surface area contributed by atoms with Crippen LogP contribution in [0.15, 0.2) is 83.1 Å². The van der Waals surface area contributed by atoms with Crippen molar-refractivity contribution in [2.75, 3.05) is 6.54 Å². The van der Waals surface area contributed by atoms with Crippen LogP contribution < -0.4 is 10.6 Å². The molecule has 1 aromatic heterocycles. The fourth-order valence-corrected chi connectivity index (χ4v) is 2.68. The molecule has 33 heavy (non-hydrogen) atoms. The monoisotopic (exact) mass is 449 g/mol. The van der Waals surface area contributed by atoms with E-state index >= 15 is 0 Å². The zero-order valence-corrected chi connectivity index (χ0v) is 17.2. The Morgan fingerprint density at radius 2 is 1.82 bits per heavy atom. The molecule has 0 bridgehead atoms. The Morgan fingerprint density at radius 1 is 1.03 bits per heavy atom. The zero-order chi connectivity index (χ0) is 23.6. The molecule has 2 amide bonds. The Hall–Kier alpha value is -4.73. The number of carbonyl (C=O) groups excluding carboxylic acids is 3. The average Bonchev–Trinajstić information content (AvgIpc) is 3.37. The summed E-state index contributed by atoms with van der Waals surface area (Å²) in [5.74, 6) is -2.23. The fraction of sp³-hybridized carbons (Fsp3) is 0.0870. The van der Waals surface area contributed by atoms with E-state index in [0.717, 1.165) is 5.56 Å². The van der Waals surface area contributed by atoms with Gasteiger partial charge < -0.3 is 19.8 Å². The molecule has 0 atom stereocenters. The van der Waals surface area contributed by atoms with Crippen LogP contribution in [0.2, 0.25) is 0 Å². The van der Waals surface area contributed by atoms with Crippen LogP contribution in [0.3, 0.4) is 0 Å². The van der Waals surface area contributed by atoms with Gasteiger partial charge in [-0.15, -0.1) is 0 Å². The molecule has 0 saturated carbocycles. The number of nitrogens with zero attached hydrogens (tertiary/aromatic N) is 1. The third kappa shape index (κ3) is 6.89. The van der Waals surface area contributed by atoms with Crippen molar-refractivity contribution < 1.29 is 28.5 Å². The summed E-state index contributed by atoms with van der Waals surface area (Å²) in [5.41, 5.74) is 0.646. The second kappa shape index (κ2) is 11.0. The van der Waals surface area contributed by atoms with Gasteiger partial charge in [0.05, 0.1) is 11.2 Å². The maximum absolute atomic E-state index is 12.7. The van der Waals surface area contributed by atoms with Gasteiger partial charge in [-0.3, -0.25) is 24.5 Å². The number of furan rings is 1. The maximum Gasteiger partial charge on any atom is 0.325 e. The number of nitrogens with one attached hydrogen (secondary N) is 2. The summed E-state index contributed by atoms with van der Waals surface area (Å²) in [6.07, 6.45) is 2.54. The lowest BCUT2D eigenvalue weighted by atomic mass is 10.1. The number of rotatable bonds is 9. The summed E-state index contributed by atoms with van der Waals surface area (Å²) in [5, 5.41) is 15.8. The summed E-state index contributed by atoms with van der Waals surface area (Å²) < 4.78 is 10.1. The van der Waals surface area contributed by atoms with Crippen LogP contribution in [0.5, 0.6) is 0 Å². The van der Waals surface area contributed by atoms with Gasteiger partial charge in [0.15, 0.2) is 5.76 Å². The Labute approximate surface area is 188 Å². The Kier molecular flexibility index (Phi) is 7.68. The molecule has 0 saturated heterocycles. The molecule has 10 nitrogen and oxygen atoms in total. The highest BCUT2D eigenvalue weighted by molar-refractivity contribution is 6.05. The standard InChI is InChI=1S/C23H19N3O7/c27-21(33-15-16-6-2-1-3-7-16)14-24-22(28)19(25-23(29)20-10-5-11-32-20)13-17-8-4-9-18(12-17)26(30)31/h1-13H,14-15H2,(H,24,28)(H,25,29)/b19-13+. The molecule has 0 spiro atoms. The van der Waals surface area contributed by atoms with Crippen LogP contribution in [0.25, 0.3) is 6.08 Å². The molecular weight excluding hydrogens is 430 g/mol. The summed E-state index contributed by atoms with van der Waals surface area (Å²) >= 11 is 0. The van der Waals surface area contributed by atoms with Gasteiger partial charge in [-0.2, -0.15) is 0 Å². The lowest BCUT2D eigenvalue weighted by Gasteiger charge is -2.10. The molecule has 168 valence electrons. The highest BCUT2D eigenvalue weighted by atomic mass is 16.6. The van der Waals surface area contributed by atoms with E-state index < -0.39 is 29.3 Å². The van der Waals surface area contributed by atoms with Gasteiger partial charge in [-0.25, -0.2) is 0 Å². The van der Waals surface area contributed by atoms with Gasteiger partial charge in [0.1, 0.15) is 18.8 Å². The second-order valence-electron chi connectivity index (χ2n) is 6.67. The normalized spacial score (nSPS) is 10.8. The number of nitro groups is 1. The van der Waals surface area contributed by atoms with E-state index in [1.807, 2.05) is 6.07 Å². The van der Waals surface area contributed by atoms with Gasteiger partial charge in [-0.1, -0.05) is 42.5 Å². The number of ether oxygens (including phenoxy) is 1. The van der Waals surface area contributed by atoms with Crippen LogP contribution in [0.1, 0.15) is 21.7 Å². The number of carbonyl (C=O) groups is 3. The van der Waals surface area contributed by atoms with Crippen LogP contribution in [0, 0.1) is 10.1 Å². The quantitative estimate of drug-likeness (QED) is 0.221. The lowest BCUT2D eigenvalue weighted by Crippen LogP contribution is -2.37. The number of benzene rings is 2. The van der Waals surface area contributed by atoms with Crippen molar-refractivity contribution in [3.63, 3.8) is 0 Å². The fourth-order valence-electron chi connectivity index (χ4n) is 2.68. The van der Waals surface area contributed by atoms with Crippen LogP contribution in [0.4, 0.5) is 5.69 Å². The Bertz CT molecular complexity index is 1170. The van der Waals surface area contributed by atoms with E-state index in [0.29, 0.717) is 5.56 Å². The minimum atomic E-state index is -0.793. The molecule has 10 heteroatoms. The molecule has 0 radical (unpaired) electrons. The molecule has 3 aromatic rings. The van der Waals surface area contributed by atoms with Crippen molar-refractivity contribution >= 4 is 29.5 Å². The van der Waals surface area contributed by atoms with Crippen LogP contribution >= 0.6 is 0 Å². The number of nitro benzene ring substituents is 1. The predicted octanol–water partition coefficient (Wildman–Crippen LogP) is 2.82. The smallest absolute Gasteiger partial charge is 0.325 e. The van der Waals surface area contributed by atoms with Gasteiger partial charge in [-0.05, 0) is 29.3 Å². The molecule has 0 unspecified atom stereocenters. The number of esters is 1. The predicted molar refractivity (Wildman–Crippen MR) is 116 cm³/mol. The first-order valence-electron chi connectivity index (χ1n) is 9.71. The number of non-ortho nitro benzene ring substituents is 1. The van der Waals surface area contributed by atoms with Gasteiger partial charge in [0.2, 0.25) is 0 Å². The molecule has 2 N–H and O–H groups in total. The largest absolute Gasteiger partial charge is 0.460 e. The van der Waals surface area contributed by atoms with E-state index in [2.05, 4.69) is 10.6 Å². The molecule has 0 aliphatic carbocycles. The molecule has 0 aliphatic heterocycles. The van der Waals surface area contributed by atoms with Crippen LogP contribution in [-0.2, 0) is 20.9 Å². The second-order valence-corrected chi connectivity index (χ2v) is 6.67. The molecular formula is C23H19N3O7. The minimum Gasteiger partial charge on any atom is -0.460 e. The number of hydrogen-bond acceptors (Lipinski definition) is 7. The van der Waals surface area contributed by atoms with Crippen LogP contribution in [-0.4, -0.2) is 29.3 Å². The van der Waals surface area contributed by atoms with Gasteiger partial charge in [0, 0.05) is 12.1 Å². The van der Waals surface area contributed by atoms with Crippen molar-refractivity contribution in [3.8, 4) is 0 Å². The minimum absolute atomic E-state index is 0.0428. The summed E-state index contributed by atoms with van der Waals surface area (Å²) in [6.45, 7) is -0.407. The number of amides is 2.